The molecule has 1 aliphatic rings. The van der Waals surface area contributed by atoms with E-state index in [0.29, 0.717) is 11.6 Å². The van der Waals surface area contributed by atoms with Gasteiger partial charge >= 0.3 is 0 Å². The van der Waals surface area contributed by atoms with Gasteiger partial charge in [-0.3, -0.25) is 0 Å². The smallest absolute Gasteiger partial charge is 0.199 e. The fourth-order valence-electron chi connectivity index (χ4n) is 3.01. The van der Waals surface area contributed by atoms with Crippen molar-refractivity contribution < 1.29 is 9.47 Å². The molecule has 0 amide bonds. The molecule has 0 bridgehead atoms. The van der Waals surface area contributed by atoms with E-state index in [0.717, 1.165) is 17.2 Å². The predicted octanol–water partition coefficient (Wildman–Crippen LogP) is 3.57. The van der Waals surface area contributed by atoms with Gasteiger partial charge in [-0.15, -0.1) is 0 Å². The summed E-state index contributed by atoms with van der Waals surface area (Å²) in [6.07, 6.45) is -0.335. The highest BCUT2D eigenvalue weighted by Crippen LogP contribution is 2.39. The van der Waals surface area contributed by atoms with E-state index in [2.05, 4.69) is 22.3 Å². The number of aliphatic imine (C=N–C) groups is 1. The summed E-state index contributed by atoms with van der Waals surface area (Å²) in [5.41, 5.74) is 3.17. The van der Waals surface area contributed by atoms with Gasteiger partial charge in [0.25, 0.3) is 0 Å². The second kappa shape index (κ2) is 7.87. The van der Waals surface area contributed by atoms with E-state index in [1.807, 2.05) is 43.4 Å². The molecule has 0 saturated heterocycles. The second-order valence-electron chi connectivity index (χ2n) is 5.84. The van der Waals surface area contributed by atoms with Gasteiger partial charge in [-0.25, -0.2) is 4.99 Å². The number of benzene rings is 2. The van der Waals surface area contributed by atoms with Gasteiger partial charge in [0, 0.05) is 31.9 Å². The summed E-state index contributed by atoms with van der Waals surface area (Å²) in [6, 6.07) is 16.1. The van der Waals surface area contributed by atoms with Crippen LogP contribution >= 0.6 is 11.6 Å². The number of rotatable bonds is 5. The summed E-state index contributed by atoms with van der Waals surface area (Å²) in [5, 5.41) is 4.03. The first-order valence-electron chi connectivity index (χ1n) is 8.09. The Morgan fingerprint density at radius 3 is 2.56 bits per heavy atom. The fraction of sp³-hybridized carbons (Fsp3) is 0.316. The van der Waals surface area contributed by atoms with Gasteiger partial charge in [0.1, 0.15) is 0 Å². The average molecular weight is 360 g/mol. The van der Waals surface area contributed by atoms with Crippen molar-refractivity contribution in [3.63, 3.8) is 0 Å². The lowest BCUT2D eigenvalue weighted by Gasteiger charge is -2.36. The van der Waals surface area contributed by atoms with Gasteiger partial charge in [0.2, 0.25) is 0 Å². The third-order valence-corrected chi connectivity index (χ3v) is 4.53. The van der Waals surface area contributed by atoms with E-state index in [4.69, 9.17) is 26.1 Å². The van der Waals surface area contributed by atoms with Gasteiger partial charge in [0.05, 0.1) is 18.3 Å². The molecule has 2 aromatic rings. The van der Waals surface area contributed by atoms with Crippen LogP contribution in [0.5, 0.6) is 0 Å². The Bertz CT molecular complexity index is 748. The number of guanidine groups is 1. The van der Waals surface area contributed by atoms with Crippen LogP contribution in [0.25, 0.3) is 0 Å². The van der Waals surface area contributed by atoms with Gasteiger partial charge in [-0.2, -0.15) is 0 Å². The highest BCUT2D eigenvalue weighted by molar-refractivity contribution is 6.30. The van der Waals surface area contributed by atoms with Crippen LogP contribution in [0.1, 0.15) is 17.2 Å². The van der Waals surface area contributed by atoms with Crippen LogP contribution in [0.15, 0.2) is 53.5 Å². The molecule has 1 N–H and O–H groups in total. The Balaban J connectivity index is 1.97. The molecule has 5 nitrogen and oxygen atoms in total. The Hall–Kier alpha value is -2.08. The lowest BCUT2D eigenvalue weighted by Crippen LogP contribution is -2.46. The molecule has 25 heavy (non-hydrogen) atoms. The Morgan fingerprint density at radius 1 is 1.16 bits per heavy atom. The summed E-state index contributed by atoms with van der Waals surface area (Å²) < 4.78 is 10.5. The van der Waals surface area contributed by atoms with Gasteiger partial charge in [-0.05, 0) is 23.8 Å². The molecule has 0 fully saturated rings. The number of hydrogen-bond acceptors (Lipinski definition) is 5. The number of ether oxygens (including phenoxy) is 2. The molecule has 0 radical (unpaired) electrons. The summed E-state index contributed by atoms with van der Waals surface area (Å²) in [5.74, 6) is 0.766. The predicted molar refractivity (Wildman–Crippen MR) is 100 cm³/mol. The quantitative estimate of drug-likeness (QED) is 0.829. The Morgan fingerprint density at radius 2 is 1.88 bits per heavy atom. The van der Waals surface area contributed by atoms with Crippen LogP contribution < -0.4 is 5.32 Å². The van der Waals surface area contributed by atoms with Crippen LogP contribution in [0.4, 0.5) is 5.69 Å². The molecule has 1 unspecified atom stereocenters. The Labute approximate surface area is 153 Å². The molecule has 6 heteroatoms. The molecule has 3 rings (SSSR count). The number of nitrogens with zero attached hydrogens (tertiary/aromatic N) is 2. The molecule has 2 aromatic carbocycles. The maximum Gasteiger partial charge on any atom is 0.199 e. The second-order valence-corrected chi connectivity index (χ2v) is 6.28. The number of methoxy groups -OCH3 is 2. The van der Waals surface area contributed by atoms with Crippen molar-refractivity contribution in [1.29, 1.82) is 0 Å². The molecule has 0 saturated carbocycles. The van der Waals surface area contributed by atoms with Crippen molar-refractivity contribution >= 4 is 23.2 Å². The minimum atomic E-state index is -0.335. The van der Waals surface area contributed by atoms with Gasteiger partial charge in [0.15, 0.2) is 12.2 Å². The maximum atomic E-state index is 6.24. The molecule has 1 heterocycles. The molecule has 1 aliphatic heterocycles. The highest BCUT2D eigenvalue weighted by Gasteiger charge is 2.29. The van der Waals surface area contributed by atoms with Crippen LogP contribution in [0.2, 0.25) is 5.02 Å². The first kappa shape index (κ1) is 17.7. The van der Waals surface area contributed by atoms with Crippen molar-refractivity contribution in [2.24, 2.45) is 4.99 Å². The van der Waals surface area contributed by atoms with Crippen molar-refractivity contribution in [1.82, 2.24) is 10.2 Å². The monoisotopic (exact) mass is 359 g/mol. The minimum absolute atomic E-state index is 0.0263. The average Bonchev–Trinajstić information content (AvgIpc) is 2.64. The zero-order valence-corrected chi connectivity index (χ0v) is 15.3. The topological polar surface area (TPSA) is 46.1 Å². The van der Waals surface area contributed by atoms with Gasteiger partial charge in [-0.1, -0.05) is 41.9 Å². The van der Waals surface area contributed by atoms with Crippen LogP contribution in [-0.4, -0.2) is 45.0 Å². The van der Waals surface area contributed by atoms with Crippen LogP contribution in [-0.2, 0) is 9.47 Å². The zero-order valence-electron chi connectivity index (χ0n) is 14.6. The van der Waals surface area contributed by atoms with Crippen molar-refractivity contribution in [2.45, 2.75) is 12.3 Å². The van der Waals surface area contributed by atoms with Crippen LogP contribution in [0, 0.1) is 0 Å². The molecular formula is C19H22ClN3O2. The minimum Gasteiger partial charge on any atom is -0.354 e. The first-order valence-corrected chi connectivity index (χ1v) is 8.47. The number of nitrogens with one attached hydrogen (secondary N) is 1. The van der Waals surface area contributed by atoms with Crippen molar-refractivity contribution in [2.75, 3.05) is 27.8 Å². The molecule has 0 aromatic heterocycles. The fourth-order valence-corrected chi connectivity index (χ4v) is 3.19. The zero-order chi connectivity index (χ0) is 17.8. The molecular weight excluding hydrogens is 338 g/mol. The van der Waals surface area contributed by atoms with Crippen molar-refractivity contribution in [3.8, 4) is 0 Å². The first-order chi connectivity index (χ1) is 12.1. The van der Waals surface area contributed by atoms with E-state index in [-0.39, 0.29) is 12.3 Å². The Kier molecular flexibility index (Phi) is 5.58. The summed E-state index contributed by atoms with van der Waals surface area (Å²) in [4.78, 5) is 6.85. The summed E-state index contributed by atoms with van der Waals surface area (Å²) in [7, 11) is 5.25. The highest BCUT2D eigenvalue weighted by atomic mass is 35.5. The van der Waals surface area contributed by atoms with Crippen molar-refractivity contribution in [3.05, 3.63) is 64.7 Å². The van der Waals surface area contributed by atoms with E-state index in [1.54, 1.807) is 14.2 Å². The van der Waals surface area contributed by atoms with E-state index >= 15 is 0 Å². The maximum absolute atomic E-state index is 6.24. The lowest BCUT2D eigenvalue weighted by molar-refractivity contribution is -0.0968. The van der Waals surface area contributed by atoms with E-state index in [9.17, 15) is 0 Å². The van der Waals surface area contributed by atoms with E-state index in [1.165, 1.54) is 5.56 Å². The normalized spacial score (nSPS) is 16.6. The molecule has 0 aliphatic carbocycles. The molecule has 132 valence electrons. The van der Waals surface area contributed by atoms with E-state index < -0.39 is 0 Å². The molecule has 0 spiro atoms. The third-order valence-electron chi connectivity index (χ3n) is 4.30. The van der Waals surface area contributed by atoms with Crippen LogP contribution in [0.3, 0.4) is 0 Å². The SMILES string of the molecule is COC(CNC1=Nc2ccc(Cl)cc2C(c2ccccc2)N1C)OC. The standard InChI is InChI=1S/C19H22ClN3O2/c1-23-18(13-7-5-4-6-8-13)15-11-14(20)9-10-16(15)22-19(23)21-12-17(24-2)25-3/h4-11,17-18H,12H2,1-3H3,(H,21,22). The molecule has 1 atom stereocenters. The largest absolute Gasteiger partial charge is 0.354 e. The summed E-state index contributed by atoms with van der Waals surface area (Å²) in [6.45, 7) is 0.501. The number of fused-ring (bicyclic) bond motifs is 1. The summed E-state index contributed by atoms with van der Waals surface area (Å²) >= 11 is 6.24. The third kappa shape index (κ3) is 3.79. The number of hydrogen-bond donors (Lipinski definition) is 1. The van der Waals surface area contributed by atoms with Gasteiger partial charge < -0.3 is 19.7 Å². The lowest BCUT2D eigenvalue weighted by atomic mass is 9.95. The number of halogens is 1.